The molecule has 0 aliphatic heterocycles. The van der Waals surface area contributed by atoms with Crippen molar-refractivity contribution in [2.45, 2.75) is 58.8 Å². The van der Waals surface area contributed by atoms with E-state index in [0.29, 0.717) is 6.61 Å². The highest BCUT2D eigenvalue weighted by molar-refractivity contribution is 6.99. The minimum absolute atomic E-state index is 0.0746. The summed E-state index contributed by atoms with van der Waals surface area (Å²) in [6, 6.07) is 21.0. The van der Waals surface area contributed by atoms with E-state index in [0.717, 1.165) is 0 Å². The first-order valence-electron chi connectivity index (χ1n) is 11.3. The van der Waals surface area contributed by atoms with E-state index in [2.05, 4.69) is 75.9 Å². The molecule has 3 nitrogen and oxygen atoms in total. The van der Waals surface area contributed by atoms with Crippen LogP contribution < -0.4 is 10.4 Å². The Morgan fingerprint density at radius 3 is 1.71 bits per heavy atom. The fraction of sp³-hybridized carbons (Fsp3) is 0.481. The standard InChI is InChI=1S/C27H40O3Si/c1-8-20(2)25(28)22(4)26(29)21(3)19-30-31(27(5,6)7,23-15-11-9-12-16-23)24-17-13-10-14-18-24/h8-18,20-22,25-26,28-29H,1,19H2,2-7H3/t20-,21+,22-,25-,26+/m0/s1. The molecule has 0 spiro atoms. The number of rotatable bonds is 10. The third kappa shape index (κ3) is 5.56. The molecule has 0 radical (unpaired) electrons. The first-order valence-corrected chi connectivity index (χ1v) is 13.2. The van der Waals surface area contributed by atoms with Gasteiger partial charge in [0, 0.05) is 24.4 Å². The summed E-state index contributed by atoms with van der Waals surface area (Å²) < 4.78 is 6.94. The summed E-state index contributed by atoms with van der Waals surface area (Å²) in [4.78, 5) is 0. The summed E-state index contributed by atoms with van der Waals surface area (Å²) in [7, 11) is -2.64. The molecule has 2 rings (SSSR count). The van der Waals surface area contributed by atoms with Crippen molar-refractivity contribution >= 4 is 18.7 Å². The van der Waals surface area contributed by atoms with Crippen molar-refractivity contribution < 1.29 is 14.6 Å². The second-order valence-electron chi connectivity index (χ2n) is 9.89. The Hall–Kier alpha value is -1.72. The van der Waals surface area contributed by atoms with Gasteiger partial charge in [-0.25, -0.2) is 0 Å². The molecule has 0 saturated carbocycles. The minimum Gasteiger partial charge on any atom is -0.407 e. The van der Waals surface area contributed by atoms with Crippen LogP contribution in [0.25, 0.3) is 0 Å². The Bertz CT molecular complexity index is 761. The Morgan fingerprint density at radius 1 is 0.871 bits per heavy atom. The van der Waals surface area contributed by atoms with Gasteiger partial charge in [-0.15, -0.1) is 6.58 Å². The van der Waals surface area contributed by atoms with Crippen LogP contribution in [0, 0.1) is 17.8 Å². The lowest BCUT2D eigenvalue weighted by atomic mass is 9.84. The highest BCUT2D eigenvalue weighted by Crippen LogP contribution is 2.37. The van der Waals surface area contributed by atoms with E-state index in [1.54, 1.807) is 6.08 Å². The monoisotopic (exact) mass is 440 g/mol. The van der Waals surface area contributed by atoms with Gasteiger partial charge in [0.1, 0.15) is 0 Å². The van der Waals surface area contributed by atoms with Crippen molar-refractivity contribution in [2.75, 3.05) is 6.61 Å². The van der Waals surface area contributed by atoms with Gasteiger partial charge in [0.15, 0.2) is 0 Å². The molecule has 2 aromatic rings. The van der Waals surface area contributed by atoms with E-state index in [1.165, 1.54) is 10.4 Å². The van der Waals surface area contributed by atoms with Gasteiger partial charge in [-0.3, -0.25) is 0 Å². The second kappa shape index (κ2) is 10.7. The first kappa shape index (κ1) is 25.5. The van der Waals surface area contributed by atoms with Crippen LogP contribution in [0.3, 0.4) is 0 Å². The molecule has 0 fully saturated rings. The molecule has 0 saturated heterocycles. The largest absolute Gasteiger partial charge is 0.407 e. The van der Waals surface area contributed by atoms with E-state index in [1.807, 2.05) is 32.9 Å². The maximum Gasteiger partial charge on any atom is 0.261 e. The van der Waals surface area contributed by atoms with Crippen LogP contribution in [0.15, 0.2) is 73.3 Å². The second-order valence-corrected chi connectivity index (χ2v) is 14.2. The van der Waals surface area contributed by atoms with Gasteiger partial charge >= 0.3 is 0 Å². The van der Waals surface area contributed by atoms with Gasteiger partial charge in [0.2, 0.25) is 0 Å². The van der Waals surface area contributed by atoms with E-state index < -0.39 is 20.5 Å². The zero-order valence-electron chi connectivity index (χ0n) is 20.0. The summed E-state index contributed by atoms with van der Waals surface area (Å²) in [6.45, 7) is 16.8. The summed E-state index contributed by atoms with van der Waals surface area (Å²) in [5, 5.41) is 23.9. The molecule has 4 heteroatoms. The van der Waals surface area contributed by atoms with Crippen LogP contribution in [0.4, 0.5) is 0 Å². The molecule has 0 heterocycles. The number of benzene rings is 2. The summed E-state index contributed by atoms with van der Waals surface area (Å²) in [5.41, 5.74) is 0. The molecule has 0 aromatic heterocycles. The number of aliphatic hydroxyl groups is 2. The third-order valence-electron chi connectivity index (χ3n) is 6.55. The molecule has 2 N–H and O–H groups in total. The SMILES string of the molecule is C=C[C@H](C)[C@H](O)[C@H](C)[C@H](O)[C@H](C)CO[Si](c1ccccc1)(c1ccccc1)C(C)(C)C. The van der Waals surface area contributed by atoms with Crippen molar-refractivity contribution in [3.05, 3.63) is 73.3 Å². The smallest absolute Gasteiger partial charge is 0.261 e. The van der Waals surface area contributed by atoms with Crippen LogP contribution in [0.2, 0.25) is 5.04 Å². The first-order chi connectivity index (χ1) is 14.6. The van der Waals surface area contributed by atoms with Crippen LogP contribution in [0.1, 0.15) is 41.5 Å². The number of aliphatic hydroxyl groups excluding tert-OH is 2. The molecule has 2 aromatic carbocycles. The molecule has 5 atom stereocenters. The van der Waals surface area contributed by atoms with E-state index in [4.69, 9.17) is 4.43 Å². The molecular formula is C27H40O3Si. The van der Waals surface area contributed by atoms with E-state index in [-0.39, 0.29) is 22.8 Å². The Balaban J connectivity index is 2.38. The van der Waals surface area contributed by atoms with Crippen molar-refractivity contribution in [1.29, 1.82) is 0 Å². The zero-order chi connectivity index (χ0) is 23.2. The van der Waals surface area contributed by atoms with Crippen molar-refractivity contribution in [2.24, 2.45) is 17.8 Å². The van der Waals surface area contributed by atoms with Crippen LogP contribution in [-0.4, -0.2) is 37.3 Å². The predicted molar refractivity (Wildman–Crippen MR) is 133 cm³/mol. The average Bonchev–Trinajstić information content (AvgIpc) is 2.77. The predicted octanol–water partition coefficient (Wildman–Crippen LogP) is 4.38. The Morgan fingerprint density at radius 2 is 1.32 bits per heavy atom. The van der Waals surface area contributed by atoms with Crippen molar-refractivity contribution in [3.8, 4) is 0 Å². The molecule has 170 valence electrons. The topological polar surface area (TPSA) is 49.7 Å². The summed E-state index contributed by atoms with van der Waals surface area (Å²) in [5.74, 6) is -0.469. The Labute approximate surface area is 189 Å². The van der Waals surface area contributed by atoms with Crippen molar-refractivity contribution in [1.82, 2.24) is 0 Å². The lowest BCUT2D eigenvalue weighted by Crippen LogP contribution is -2.67. The summed E-state index contributed by atoms with van der Waals surface area (Å²) >= 11 is 0. The fourth-order valence-electron chi connectivity index (χ4n) is 4.46. The maximum atomic E-state index is 11.0. The molecule has 0 bridgehead atoms. The molecule has 0 unspecified atom stereocenters. The highest BCUT2D eigenvalue weighted by Gasteiger charge is 2.50. The minimum atomic E-state index is -2.64. The quantitative estimate of drug-likeness (QED) is 0.426. The molecule has 0 aliphatic rings. The van der Waals surface area contributed by atoms with Gasteiger partial charge in [-0.05, 0) is 15.4 Å². The highest BCUT2D eigenvalue weighted by atomic mass is 28.4. The van der Waals surface area contributed by atoms with E-state index >= 15 is 0 Å². The normalized spacial score (nSPS) is 17.4. The number of hydrogen-bond acceptors (Lipinski definition) is 3. The van der Waals surface area contributed by atoms with Crippen LogP contribution in [-0.2, 0) is 4.43 Å². The van der Waals surface area contributed by atoms with E-state index in [9.17, 15) is 10.2 Å². The molecular weight excluding hydrogens is 400 g/mol. The molecule has 0 amide bonds. The van der Waals surface area contributed by atoms with Gasteiger partial charge < -0.3 is 14.6 Å². The van der Waals surface area contributed by atoms with Gasteiger partial charge in [-0.2, -0.15) is 0 Å². The lowest BCUT2D eigenvalue weighted by molar-refractivity contribution is -0.0296. The lowest BCUT2D eigenvalue weighted by Gasteiger charge is -2.44. The Kier molecular flexibility index (Phi) is 8.84. The molecule has 0 aliphatic carbocycles. The van der Waals surface area contributed by atoms with Gasteiger partial charge in [0.25, 0.3) is 8.32 Å². The van der Waals surface area contributed by atoms with Gasteiger partial charge in [-0.1, -0.05) is 108 Å². The van der Waals surface area contributed by atoms with Gasteiger partial charge in [0.05, 0.1) is 12.2 Å². The molecule has 31 heavy (non-hydrogen) atoms. The van der Waals surface area contributed by atoms with Crippen molar-refractivity contribution in [3.63, 3.8) is 0 Å². The summed E-state index contributed by atoms with van der Waals surface area (Å²) in [6.07, 6.45) is 0.427. The average molecular weight is 441 g/mol. The van der Waals surface area contributed by atoms with Crippen LogP contribution in [0.5, 0.6) is 0 Å². The zero-order valence-corrected chi connectivity index (χ0v) is 21.0. The maximum absolute atomic E-state index is 11.0. The third-order valence-corrected chi connectivity index (χ3v) is 11.6. The number of hydrogen-bond donors (Lipinski definition) is 2. The van der Waals surface area contributed by atoms with Crippen LogP contribution >= 0.6 is 0 Å². The fourth-order valence-corrected chi connectivity index (χ4v) is 9.12.